The molecule has 0 atom stereocenters. The van der Waals surface area contributed by atoms with Gasteiger partial charge in [-0.3, -0.25) is 0 Å². The van der Waals surface area contributed by atoms with Gasteiger partial charge in [0.2, 0.25) is 6.39 Å². The second kappa shape index (κ2) is 6.67. The van der Waals surface area contributed by atoms with Gasteiger partial charge >= 0.3 is 0 Å². The van der Waals surface area contributed by atoms with Gasteiger partial charge in [-0.25, -0.2) is 9.97 Å². The molecule has 0 unspecified atom stereocenters. The molecule has 102 valence electrons. The molecule has 0 aliphatic carbocycles. The fourth-order valence-corrected chi connectivity index (χ4v) is 1.53. The lowest BCUT2D eigenvalue weighted by molar-refractivity contribution is 0.411. The molecule has 0 aromatic carbocycles. The molecule has 19 heavy (non-hydrogen) atoms. The number of nitrogens with zero attached hydrogens (tertiary/aromatic N) is 4. The van der Waals surface area contributed by atoms with Gasteiger partial charge in [-0.1, -0.05) is 19.0 Å². The highest BCUT2D eigenvalue weighted by Gasteiger charge is 2.04. The van der Waals surface area contributed by atoms with Crippen molar-refractivity contribution in [1.82, 2.24) is 20.1 Å². The maximum Gasteiger partial charge on any atom is 0.213 e. The van der Waals surface area contributed by atoms with E-state index in [2.05, 4.69) is 42.2 Å². The third kappa shape index (κ3) is 3.90. The van der Waals surface area contributed by atoms with Crippen LogP contribution in [0.1, 0.15) is 31.9 Å². The summed E-state index contributed by atoms with van der Waals surface area (Å²) in [6, 6.07) is 1.88. The van der Waals surface area contributed by atoms with Crippen molar-refractivity contribution in [1.29, 1.82) is 0 Å². The monoisotopic (exact) mass is 262 g/mol. The Bertz CT molecular complexity index is 499. The van der Waals surface area contributed by atoms with Crippen molar-refractivity contribution < 1.29 is 4.52 Å². The molecule has 7 heteroatoms. The number of aryl methyl sites for hydroxylation is 1. The van der Waals surface area contributed by atoms with E-state index in [1.54, 1.807) is 0 Å². The van der Waals surface area contributed by atoms with Gasteiger partial charge in [-0.15, -0.1) is 0 Å². The summed E-state index contributed by atoms with van der Waals surface area (Å²) in [7, 11) is 0. The second-order valence-electron chi connectivity index (χ2n) is 4.04. The Hall–Kier alpha value is -2.18. The lowest BCUT2D eigenvalue weighted by atomic mass is 10.4. The van der Waals surface area contributed by atoms with E-state index in [9.17, 15) is 0 Å². The summed E-state index contributed by atoms with van der Waals surface area (Å²) in [4.78, 5) is 12.8. The maximum atomic E-state index is 4.68. The van der Waals surface area contributed by atoms with Crippen molar-refractivity contribution in [2.75, 3.05) is 17.2 Å². The van der Waals surface area contributed by atoms with Gasteiger partial charge in [-0.2, -0.15) is 4.98 Å². The number of rotatable bonds is 7. The van der Waals surface area contributed by atoms with Crippen LogP contribution in [0.25, 0.3) is 0 Å². The number of hydrogen-bond donors (Lipinski definition) is 2. The van der Waals surface area contributed by atoms with E-state index in [1.165, 1.54) is 6.39 Å². The van der Waals surface area contributed by atoms with E-state index in [4.69, 9.17) is 0 Å². The van der Waals surface area contributed by atoms with Gasteiger partial charge in [0.15, 0.2) is 5.82 Å². The second-order valence-corrected chi connectivity index (χ2v) is 4.04. The summed E-state index contributed by atoms with van der Waals surface area (Å²) >= 11 is 0. The molecular weight excluding hydrogens is 244 g/mol. The summed E-state index contributed by atoms with van der Waals surface area (Å²) in [6.07, 6.45) is 3.15. The third-order valence-electron chi connectivity index (χ3n) is 2.48. The molecule has 0 saturated carbocycles. The average molecular weight is 262 g/mol. The van der Waals surface area contributed by atoms with E-state index < -0.39 is 0 Å². The van der Waals surface area contributed by atoms with Gasteiger partial charge < -0.3 is 15.2 Å². The molecule has 0 fully saturated rings. The highest BCUT2D eigenvalue weighted by molar-refractivity contribution is 5.47. The van der Waals surface area contributed by atoms with Crippen molar-refractivity contribution in [3.63, 3.8) is 0 Å². The number of anilines is 2. The average Bonchev–Trinajstić information content (AvgIpc) is 2.96. The lowest BCUT2D eigenvalue weighted by Crippen LogP contribution is -2.09. The van der Waals surface area contributed by atoms with Crippen molar-refractivity contribution in [3.8, 4) is 0 Å². The van der Waals surface area contributed by atoms with Gasteiger partial charge in [0.25, 0.3) is 0 Å². The van der Waals surface area contributed by atoms with E-state index in [0.717, 1.165) is 36.8 Å². The van der Waals surface area contributed by atoms with E-state index >= 15 is 0 Å². The molecular formula is C12H18N6O. The van der Waals surface area contributed by atoms with Gasteiger partial charge in [0.05, 0.1) is 6.54 Å². The summed E-state index contributed by atoms with van der Waals surface area (Å²) in [5, 5.41) is 10.2. The zero-order chi connectivity index (χ0) is 13.5. The van der Waals surface area contributed by atoms with Crippen LogP contribution >= 0.6 is 0 Å². The summed E-state index contributed by atoms with van der Waals surface area (Å²) in [5.41, 5.74) is 0. The Morgan fingerprint density at radius 3 is 2.53 bits per heavy atom. The summed E-state index contributed by atoms with van der Waals surface area (Å²) in [6.45, 7) is 5.51. The predicted molar refractivity (Wildman–Crippen MR) is 71.8 cm³/mol. The molecule has 0 bridgehead atoms. The van der Waals surface area contributed by atoms with E-state index in [-0.39, 0.29) is 0 Å². The first-order valence-electron chi connectivity index (χ1n) is 6.42. The summed E-state index contributed by atoms with van der Waals surface area (Å²) in [5.74, 6) is 3.00. The Morgan fingerprint density at radius 2 is 1.89 bits per heavy atom. The normalized spacial score (nSPS) is 10.4. The molecule has 0 amide bonds. The van der Waals surface area contributed by atoms with E-state index in [1.807, 2.05) is 13.0 Å². The Morgan fingerprint density at radius 1 is 1.11 bits per heavy atom. The zero-order valence-corrected chi connectivity index (χ0v) is 11.2. The molecule has 2 N–H and O–H groups in total. The molecule has 0 saturated heterocycles. The van der Waals surface area contributed by atoms with Crippen LogP contribution in [0.15, 0.2) is 17.0 Å². The molecule has 2 rings (SSSR count). The minimum atomic E-state index is 0.476. The van der Waals surface area contributed by atoms with Crippen LogP contribution in [-0.2, 0) is 13.0 Å². The number of aromatic nitrogens is 4. The Labute approximate surface area is 111 Å². The number of hydrogen-bond acceptors (Lipinski definition) is 7. The van der Waals surface area contributed by atoms with Crippen molar-refractivity contribution >= 4 is 11.6 Å². The van der Waals surface area contributed by atoms with Crippen LogP contribution in [0.4, 0.5) is 11.6 Å². The maximum absolute atomic E-state index is 4.68. The highest BCUT2D eigenvalue weighted by atomic mass is 16.5. The molecule has 2 heterocycles. The van der Waals surface area contributed by atoms with Crippen LogP contribution in [0, 0.1) is 0 Å². The standard InChI is InChI=1S/C12H18N6O/c1-3-5-13-10-6-11(17-9(4-2)16-10)14-7-12-15-8-19-18-12/h6,8H,3-5,7H2,1-2H3,(H2,13,14,16,17). The minimum absolute atomic E-state index is 0.476. The lowest BCUT2D eigenvalue weighted by Gasteiger charge is -2.09. The first kappa shape index (κ1) is 13.3. The molecule has 0 spiro atoms. The molecule has 0 radical (unpaired) electrons. The third-order valence-corrected chi connectivity index (χ3v) is 2.48. The topological polar surface area (TPSA) is 88.8 Å². The fraction of sp³-hybridized carbons (Fsp3) is 0.500. The minimum Gasteiger partial charge on any atom is -0.370 e. The predicted octanol–water partition coefficient (Wildman–Crippen LogP) is 1.86. The number of nitrogens with one attached hydrogen (secondary N) is 2. The van der Waals surface area contributed by atoms with Crippen molar-refractivity contribution in [3.05, 3.63) is 24.1 Å². The van der Waals surface area contributed by atoms with Crippen LogP contribution in [0.2, 0.25) is 0 Å². The van der Waals surface area contributed by atoms with Gasteiger partial charge in [-0.05, 0) is 6.42 Å². The van der Waals surface area contributed by atoms with Crippen molar-refractivity contribution in [2.45, 2.75) is 33.2 Å². The Kier molecular flexibility index (Phi) is 4.66. The van der Waals surface area contributed by atoms with Gasteiger partial charge in [0.1, 0.15) is 17.5 Å². The SMILES string of the molecule is CCCNc1cc(NCc2ncon2)nc(CC)n1. The van der Waals surface area contributed by atoms with Crippen LogP contribution in [0.5, 0.6) is 0 Å². The van der Waals surface area contributed by atoms with Crippen LogP contribution < -0.4 is 10.6 Å². The largest absolute Gasteiger partial charge is 0.370 e. The molecule has 2 aromatic heterocycles. The van der Waals surface area contributed by atoms with Crippen LogP contribution in [0.3, 0.4) is 0 Å². The van der Waals surface area contributed by atoms with E-state index in [0.29, 0.717) is 12.4 Å². The van der Waals surface area contributed by atoms with Crippen LogP contribution in [-0.4, -0.2) is 26.7 Å². The first-order chi connectivity index (χ1) is 9.31. The highest BCUT2D eigenvalue weighted by Crippen LogP contribution is 2.12. The smallest absolute Gasteiger partial charge is 0.213 e. The summed E-state index contributed by atoms with van der Waals surface area (Å²) < 4.78 is 4.68. The van der Waals surface area contributed by atoms with Gasteiger partial charge in [0, 0.05) is 19.0 Å². The Balaban J connectivity index is 2.05. The van der Waals surface area contributed by atoms with Crippen molar-refractivity contribution in [2.24, 2.45) is 0 Å². The molecule has 7 nitrogen and oxygen atoms in total. The fourth-order valence-electron chi connectivity index (χ4n) is 1.53. The molecule has 0 aliphatic rings. The quantitative estimate of drug-likeness (QED) is 0.787. The first-order valence-corrected chi connectivity index (χ1v) is 6.42. The molecule has 0 aliphatic heterocycles. The zero-order valence-electron chi connectivity index (χ0n) is 11.2. The molecule has 2 aromatic rings.